The molecule has 4 nitrogen and oxygen atoms in total. The lowest BCUT2D eigenvalue weighted by atomic mass is 9.34. The fraction of sp³-hybridized carbons (Fsp3) is 0.255. The first-order valence-corrected chi connectivity index (χ1v) is 35.8. The van der Waals surface area contributed by atoms with Crippen LogP contribution in [-0.4, -0.2) is 25.8 Å². The van der Waals surface area contributed by atoms with Gasteiger partial charge in [0.05, 0.1) is 22.4 Å². The van der Waals surface area contributed by atoms with E-state index >= 15 is 0 Å². The second-order valence-electron chi connectivity index (χ2n) is 34.7. The third-order valence-electron chi connectivity index (χ3n) is 21.4. The molecule has 0 N–H and O–H groups in total. The molecule has 0 atom stereocenters. The van der Waals surface area contributed by atoms with Crippen molar-refractivity contribution in [2.75, 3.05) is 0 Å². The van der Waals surface area contributed by atoms with Crippen LogP contribution in [0.2, 0.25) is 0 Å². The van der Waals surface area contributed by atoms with E-state index in [0.29, 0.717) is 5.82 Å². The van der Waals surface area contributed by atoms with Crippen LogP contribution in [0.5, 0.6) is 0 Å². The molecule has 0 aliphatic carbocycles. The molecule has 0 bridgehead atoms. The number of nitrogens with zero attached hydrogens (tertiary/aromatic N) is 4. The zero-order valence-corrected chi connectivity index (χ0v) is 61.2. The number of rotatable bonds is 7. The Kier molecular flexibility index (Phi) is 14.4. The maximum absolute atomic E-state index is 6.03. The van der Waals surface area contributed by atoms with Crippen molar-refractivity contribution in [2.24, 2.45) is 0 Å². The van der Waals surface area contributed by atoms with Gasteiger partial charge in [-0.05, 0) is 193 Å². The van der Waals surface area contributed by atoms with Gasteiger partial charge in [0.2, 0.25) is 0 Å². The van der Waals surface area contributed by atoms with Gasteiger partial charge in [0.1, 0.15) is 0 Å². The van der Waals surface area contributed by atoms with Gasteiger partial charge < -0.3 is 9.13 Å². The summed E-state index contributed by atoms with van der Waals surface area (Å²) >= 11 is 0. The number of aromatic nitrogens is 4. The highest BCUT2D eigenvalue weighted by Gasteiger charge is 2.45. The molecule has 5 heterocycles. The first-order valence-electron chi connectivity index (χ1n) is 35.8. The molecule has 0 saturated carbocycles. The highest BCUT2D eigenvalue weighted by Crippen LogP contribution is 2.51. The van der Waals surface area contributed by atoms with Crippen LogP contribution in [0.4, 0.5) is 0 Å². The van der Waals surface area contributed by atoms with E-state index in [1.54, 1.807) is 0 Å². The summed E-state index contributed by atoms with van der Waals surface area (Å²) in [7, 11) is 0. The van der Waals surface area contributed by atoms with Crippen LogP contribution >= 0.6 is 0 Å². The van der Waals surface area contributed by atoms with Crippen LogP contribution in [-0.2, 0) is 32.5 Å². The second-order valence-corrected chi connectivity index (χ2v) is 34.7. The average molecular weight is 1290 g/mol. The Morgan fingerprint density at radius 2 is 0.576 bits per heavy atom. The van der Waals surface area contributed by atoms with Gasteiger partial charge in [0.25, 0.3) is 6.71 Å². The molecule has 11 aromatic carbocycles. The molecule has 14 aromatic rings. The molecule has 2 aliphatic heterocycles. The van der Waals surface area contributed by atoms with Gasteiger partial charge in [0, 0.05) is 60.6 Å². The van der Waals surface area contributed by atoms with Crippen LogP contribution in [0, 0.1) is 0 Å². The van der Waals surface area contributed by atoms with E-state index in [-0.39, 0.29) is 39.2 Å². The van der Waals surface area contributed by atoms with Crippen molar-refractivity contribution in [1.29, 1.82) is 0 Å². The van der Waals surface area contributed by atoms with Crippen molar-refractivity contribution in [1.82, 2.24) is 19.1 Å². The Bertz CT molecular complexity index is 5170. The third kappa shape index (κ3) is 10.6. The zero-order valence-electron chi connectivity index (χ0n) is 61.2. The Hall–Kier alpha value is -9.84. The second kappa shape index (κ2) is 22.3. The van der Waals surface area contributed by atoms with Gasteiger partial charge in [-0.3, -0.25) is 0 Å². The molecular formula is C94H91BN4. The molecule has 16 rings (SSSR count). The van der Waals surface area contributed by atoms with Crippen LogP contribution < -0.4 is 16.4 Å². The zero-order chi connectivity index (χ0) is 69.4. The molecule has 0 unspecified atom stereocenters. The lowest BCUT2D eigenvalue weighted by Gasteiger charge is -2.35. The van der Waals surface area contributed by atoms with Crippen molar-refractivity contribution < 1.29 is 0 Å². The van der Waals surface area contributed by atoms with E-state index in [2.05, 4.69) is 358 Å². The molecule has 0 spiro atoms. The summed E-state index contributed by atoms with van der Waals surface area (Å²) in [5.74, 6) is 0.658. The summed E-state index contributed by atoms with van der Waals surface area (Å²) in [5.41, 5.74) is 32.4. The predicted octanol–water partition coefficient (Wildman–Crippen LogP) is 23.3. The van der Waals surface area contributed by atoms with E-state index in [1.165, 1.54) is 105 Å². The van der Waals surface area contributed by atoms with Crippen LogP contribution in [0.25, 0.3) is 133 Å². The van der Waals surface area contributed by atoms with E-state index < -0.39 is 0 Å². The van der Waals surface area contributed by atoms with Crippen molar-refractivity contribution in [3.8, 4) is 89.8 Å². The van der Waals surface area contributed by atoms with Crippen LogP contribution in [0.1, 0.15) is 158 Å². The Morgan fingerprint density at radius 3 is 0.899 bits per heavy atom. The first-order chi connectivity index (χ1) is 46.9. The molecule has 2 aliphatic rings. The van der Waals surface area contributed by atoms with Crippen molar-refractivity contribution >= 4 is 66.7 Å². The highest BCUT2D eigenvalue weighted by molar-refractivity contribution is 7.00. The van der Waals surface area contributed by atoms with E-state index in [4.69, 9.17) is 9.97 Å². The number of benzene rings is 11. The Balaban J connectivity index is 1.11. The van der Waals surface area contributed by atoms with Crippen LogP contribution in [0.15, 0.2) is 224 Å². The molecule has 0 fully saturated rings. The molecule has 3 aromatic heterocycles. The first kappa shape index (κ1) is 63.9. The Morgan fingerprint density at radius 1 is 0.263 bits per heavy atom. The fourth-order valence-corrected chi connectivity index (χ4v) is 16.3. The van der Waals surface area contributed by atoms with Crippen molar-refractivity contribution in [3.63, 3.8) is 0 Å². The van der Waals surface area contributed by atoms with Gasteiger partial charge in [-0.1, -0.05) is 282 Å². The topological polar surface area (TPSA) is 35.6 Å². The fourth-order valence-electron chi connectivity index (χ4n) is 16.3. The largest absolute Gasteiger partial charge is 0.310 e. The van der Waals surface area contributed by atoms with Gasteiger partial charge in [-0.25, -0.2) is 9.97 Å². The molecule has 0 saturated heterocycles. The lowest BCUT2D eigenvalue weighted by molar-refractivity contribution is 0.572. The van der Waals surface area contributed by atoms with E-state index in [1.807, 2.05) is 0 Å². The van der Waals surface area contributed by atoms with Gasteiger partial charge in [-0.2, -0.15) is 0 Å². The number of hydrogen-bond acceptors (Lipinski definition) is 2. The summed E-state index contributed by atoms with van der Waals surface area (Å²) in [6.45, 7) is 43.2. The summed E-state index contributed by atoms with van der Waals surface area (Å²) in [6.07, 6.45) is 0. The summed E-state index contributed by atoms with van der Waals surface area (Å²) in [4.78, 5) is 11.9. The molecule has 490 valence electrons. The minimum atomic E-state index is -0.188. The minimum Gasteiger partial charge on any atom is -0.310 e. The molecule has 0 radical (unpaired) electrons. The molecule has 99 heavy (non-hydrogen) atoms. The van der Waals surface area contributed by atoms with Crippen molar-refractivity contribution in [3.05, 3.63) is 258 Å². The molecular weight excluding hydrogens is 1200 g/mol. The summed E-state index contributed by atoms with van der Waals surface area (Å²) in [6, 6.07) is 84.8. The minimum absolute atomic E-state index is 0.100. The van der Waals surface area contributed by atoms with Crippen LogP contribution in [0.3, 0.4) is 0 Å². The molecule has 5 heteroatoms. The van der Waals surface area contributed by atoms with Crippen molar-refractivity contribution in [2.45, 2.75) is 157 Å². The maximum Gasteiger partial charge on any atom is 0.252 e. The van der Waals surface area contributed by atoms with Gasteiger partial charge >= 0.3 is 0 Å². The summed E-state index contributed by atoms with van der Waals surface area (Å²) < 4.78 is 5.48. The average Bonchev–Trinajstić information content (AvgIpc) is 1.53. The predicted molar refractivity (Wildman–Crippen MR) is 426 cm³/mol. The maximum atomic E-state index is 6.03. The van der Waals surface area contributed by atoms with E-state index in [9.17, 15) is 0 Å². The van der Waals surface area contributed by atoms with Gasteiger partial charge in [-0.15, -0.1) is 0 Å². The quantitative estimate of drug-likeness (QED) is 0.149. The number of fused-ring (bicyclic) bond motifs is 10. The number of hydrogen-bond donors (Lipinski definition) is 0. The van der Waals surface area contributed by atoms with Gasteiger partial charge in [0.15, 0.2) is 5.82 Å². The standard InChI is InChI=1S/C94H91BN4/c1-89(2,3)67-51-71(93(13,14)15)81-77(53-67)98-79-49-65(50-80-85(79)95(73-41-39-69(91(7,8)9)83(81)86(73)98)74-42-40-70(92(10,11)12)84-82-72(94(16,17)18)52-68(90(4,5)6)54-78(82)99(80)87(74)84)76-55-75(64-45-60(56-31-23-19-24-32-56)43-61(46-64)57-33-25-20-26-34-57)96-88(97-76)66-47-62(58-35-27-21-28-36-58)44-63(48-66)59-37-29-22-30-38-59/h19-55H,1-18H3. The molecule has 0 amide bonds. The lowest BCUT2D eigenvalue weighted by Crippen LogP contribution is -2.59. The monoisotopic (exact) mass is 1290 g/mol. The summed E-state index contributed by atoms with van der Waals surface area (Å²) in [5, 5.41) is 5.43. The van der Waals surface area contributed by atoms with E-state index in [0.717, 1.165) is 72.6 Å². The smallest absolute Gasteiger partial charge is 0.252 e. The SMILES string of the molecule is CC(C)(C)c1cc(C(C)(C)C)c2c3c(C(C)(C)C)ccc4c3n(c2c1)-c1cc(-c2cc(-c3cc(-c5ccccc5)cc(-c5ccccc5)c3)nc(-c3cc(-c5ccccc5)cc(-c5ccccc5)c3)n2)cc2c1B4c1ccc(C(C)(C)C)c3c4c(C(C)(C)C)cc(C(C)(C)C)cc4n-2c13. The third-order valence-corrected chi connectivity index (χ3v) is 21.4. The normalized spacial score (nSPS) is 13.3. The highest BCUT2D eigenvalue weighted by atomic mass is 15.0. The Labute approximate surface area is 587 Å².